The highest BCUT2D eigenvalue weighted by Crippen LogP contribution is 2.08. The van der Waals surface area contributed by atoms with Gasteiger partial charge in [0.1, 0.15) is 12.1 Å². The third-order valence-electron chi connectivity index (χ3n) is 5.11. The van der Waals surface area contributed by atoms with Crippen molar-refractivity contribution in [1.29, 1.82) is 0 Å². The van der Waals surface area contributed by atoms with Crippen molar-refractivity contribution in [2.75, 3.05) is 0 Å². The number of carbonyl (C=O) groups is 3. The van der Waals surface area contributed by atoms with Gasteiger partial charge in [-0.1, -0.05) is 56.3 Å². The largest absolute Gasteiger partial charge is 0.350 e. The molecule has 8 heteroatoms. The highest BCUT2D eigenvalue weighted by molar-refractivity contribution is 14.1. The summed E-state index contributed by atoms with van der Waals surface area (Å²) >= 11 is 2.23. The molecule has 0 radical (unpaired) electrons. The van der Waals surface area contributed by atoms with Gasteiger partial charge in [0.2, 0.25) is 17.7 Å². The van der Waals surface area contributed by atoms with Gasteiger partial charge in [0.25, 0.3) is 0 Å². The van der Waals surface area contributed by atoms with Crippen LogP contribution >= 0.6 is 22.6 Å². The topological polar surface area (TPSA) is 113 Å². The molecule has 5 N–H and O–H groups in total. The summed E-state index contributed by atoms with van der Waals surface area (Å²) in [5.74, 6) is -0.845. The SMILES string of the molecule is CC(C)C[C@@H](N)C(=O)N[C@H](C)C(=O)N[C@H](Cc1ccccc1)C(=O)NCc1ccc(I)cc1. The first kappa shape index (κ1) is 26.8. The Labute approximate surface area is 209 Å². The van der Waals surface area contributed by atoms with Crippen LogP contribution in [0.3, 0.4) is 0 Å². The number of nitrogens with one attached hydrogen (secondary N) is 3. The van der Waals surface area contributed by atoms with Gasteiger partial charge in [-0.15, -0.1) is 0 Å². The first-order valence-electron chi connectivity index (χ1n) is 11.1. The Hall–Kier alpha value is -2.46. The lowest BCUT2D eigenvalue weighted by Crippen LogP contribution is -2.55. The molecule has 33 heavy (non-hydrogen) atoms. The molecule has 0 fully saturated rings. The number of halogens is 1. The number of rotatable bonds is 11. The molecule has 2 aromatic rings. The second-order valence-electron chi connectivity index (χ2n) is 8.56. The summed E-state index contributed by atoms with van der Waals surface area (Å²) in [6.07, 6.45) is 0.858. The van der Waals surface area contributed by atoms with Crippen LogP contribution in [0.4, 0.5) is 0 Å². The monoisotopic (exact) mass is 564 g/mol. The van der Waals surface area contributed by atoms with Crippen LogP contribution in [0.15, 0.2) is 54.6 Å². The van der Waals surface area contributed by atoms with Crippen molar-refractivity contribution in [1.82, 2.24) is 16.0 Å². The molecule has 0 aliphatic carbocycles. The van der Waals surface area contributed by atoms with E-state index >= 15 is 0 Å². The fraction of sp³-hybridized carbons (Fsp3) is 0.400. The summed E-state index contributed by atoms with van der Waals surface area (Å²) < 4.78 is 1.11. The van der Waals surface area contributed by atoms with Gasteiger partial charge in [0, 0.05) is 16.5 Å². The molecule has 2 aromatic carbocycles. The van der Waals surface area contributed by atoms with Crippen LogP contribution in [-0.2, 0) is 27.3 Å². The van der Waals surface area contributed by atoms with E-state index in [9.17, 15) is 14.4 Å². The number of nitrogens with two attached hydrogens (primary N) is 1. The molecule has 0 aromatic heterocycles. The maximum Gasteiger partial charge on any atom is 0.243 e. The Bertz CT molecular complexity index is 919. The average molecular weight is 564 g/mol. The van der Waals surface area contributed by atoms with Crippen molar-refractivity contribution in [3.8, 4) is 0 Å². The van der Waals surface area contributed by atoms with Crippen LogP contribution in [0.2, 0.25) is 0 Å². The fourth-order valence-corrected chi connectivity index (χ4v) is 3.63. The summed E-state index contributed by atoms with van der Waals surface area (Å²) in [6.45, 7) is 5.89. The minimum atomic E-state index is -0.821. The van der Waals surface area contributed by atoms with Gasteiger partial charge in [-0.2, -0.15) is 0 Å². The van der Waals surface area contributed by atoms with Gasteiger partial charge in [0.05, 0.1) is 6.04 Å². The summed E-state index contributed by atoms with van der Waals surface area (Å²) in [4.78, 5) is 38.0. The van der Waals surface area contributed by atoms with E-state index in [2.05, 4.69) is 38.5 Å². The number of hydrogen-bond acceptors (Lipinski definition) is 4. The van der Waals surface area contributed by atoms with Crippen LogP contribution in [0, 0.1) is 9.49 Å². The Kier molecular flexibility index (Phi) is 10.8. The Morgan fingerprint density at radius 3 is 2.09 bits per heavy atom. The highest BCUT2D eigenvalue weighted by Gasteiger charge is 2.26. The number of benzene rings is 2. The molecule has 0 heterocycles. The highest BCUT2D eigenvalue weighted by atomic mass is 127. The van der Waals surface area contributed by atoms with Gasteiger partial charge in [-0.3, -0.25) is 14.4 Å². The minimum absolute atomic E-state index is 0.266. The van der Waals surface area contributed by atoms with E-state index in [1.807, 2.05) is 68.4 Å². The smallest absolute Gasteiger partial charge is 0.243 e. The molecule has 0 aliphatic rings. The third-order valence-corrected chi connectivity index (χ3v) is 5.83. The van der Waals surface area contributed by atoms with E-state index in [1.165, 1.54) is 0 Å². The van der Waals surface area contributed by atoms with Crippen molar-refractivity contribution in [2.24, 2.45) is 11.7 Å². The van der Waals surface area contributed by atoms with Gasteiger partial charge >= 0.3 is 0 Å². The molecule has 0 unspecified atom stereocenters. The first-order valence-corrected chi connectivity index (χ1v) is 12.2. The van der Waals surface area contributed by atoms with Crippen molar-refractivity contribution in [3.05, 3.63) is 69.3 Å². The van der Waals surface area contributed by atoms with E-state index in [1.54, 1.807) is 6.92 Å². The Morgan fingerprint density at radius 2 is 1.48 bits per heavy atom. The zero-order valence-electron chi connectivity index (χ0n) is 19.3. The number of carbonyl (C=O) groups excluding carboxylic acids is 3. The fourth-order valence-electron chi connectivity index (χ4n) is 3.27. The second kappa shape index (κ2) is 13.3. The molecule has 0 spiro atoms. The van der Waals surface area contributed by atoms with E-state index in [4.69, 9.17) is 5.73 Å². The zero-order valence-corrected chi connectivity index (χ0v) is 21.5. The minimum Gasteiger partial charge on any atom is -0.350 e. The molecule has 3 amide bonds. The third kappa shape index (κ3) is 9.51. The predicted molar refractivity (Wildman–Crippen MR) is 138 cm³/mol. The Morgan fingerprint density at radius 1 is 0.848 bits per heavy atom. The maximum atomic E-state index is 13.0. The molecule has 0 aliphatic heterocycles. The van der Waals surface area contributed by atoms with Gasteiger partial charge in [0.15, 0.2) is 0 Å². The first-order chi connectivity index (χ1) is 15.7. The second-order valence-corrected chi connectivity index (χ2v) is 9.81. The summed E-state index contributed by atoms with van der Waals surface area (Å²) in [7, 11) is 0. The van der Waals surface area contributed by atoms with Crippen molar-refractivity contribution in [3.63, 3.8) is 0 Å². The molecule has 0 saturated heterocycles. The summed E-state index contributed by atoms with van der Waals surface area (Å²) in [5.41, 5.74) is 7.80. The van der Waals surface area contributed by atoms with Crippen molar-refractivity contribution in [2.45, 2.75) is 58.3 Å². The zero-order chi connectivity index (χ0) is 24.4. The maximum absolute atomic E-state index is 13.0. The standard InChI is InChI=1S/C25H33IN4O3/c1-16(2)13-21(27)24(32)29-17(3)23(31)30-22(14-18-7-5-4-6-8-18)25(33)28-15-19-9-11-20(26)12-10-19/h4-12,16-17,21-22H,13-15,27H2,1-3H3,(H,28,33)(H,29,32)(H,30,31)/t17-,21-,22-/m1/s1. The van der Waals surface area contributed by atoms with E-state index in [0.717, 1.165) is 14.7 Å². The predicted octanol–water partition coefficient (Wildman–Crippen LogP) is 2.51. The van der Waals surface area contributed by atoms with Gasteiger partial charge < -0.3 is 21.7 Å². The van der Waals surface area contributed by atoms with Gasteiger partial charge in [-0.25, -0.2) is 0 Å². The van der Waals surface area contributed by atoms with Crippen LogP contribution < -0.4 is 21.7 Å². The molecule has 7 nitrogen and oxygen atoms in total. The van der Waals surface area contributed by atoms with Gasteiger partial charge in [-0.05, 0) is 65.1 Å². The lowest BCUT2D eigenvalue weighted by molar-refractivity contribution is -0.132. The average Bonchev–Trinajstić information content (AvgIpc) is 2.78. The van der Waals surface area contributed by atoms with Crippen LogP contribution in [0.25, 0.3) is 0 Å². The molecular weight excluding hydrogens is 531 g/mol. The lowest BCUT2D eigenvalue weighted by Gasteiger charge is -2.22. The Balaban J connectivity index is 2.02. The number of hydrogen-bond donors (Lipinski definition) is 4. The quantitative estimate of drug-likeness (QED) is 0.314. The molecular formula is C25H33IN4O3. The summed E-state index contributed by atoms with van der Waals surface area (Å²) in [6, 6.07) is 15.0. The molecule has 3 atom stereocenters. The van der Waals surface area contributed by atoms with Crippen molar-refractivity contribution < 1.29 is 14.4 Å². The van der Waals surface area contributed by atoms with Crippen LogP contribution in [0.1, 0.15) is 38.3 Å². The van der Waals surface area contributed by atoms with Crippen molar-refractivity contribution >= 4 is 40.3 Å². The van der Waals surface area contributed by atoms with E-state index < -0.39 is 24.0 Å². The molecule has 0 bridgehead atoms. The van der Waals surface area contributed by atoms with E-state index in [0.29, 0.717) is 19.4 Å². The van der Waals surface area contributed by atoms with E-state index in [-0.39, 0.29) is 17.7 Å². The van der Waals surface area contributed by atoms with Crippen LogP contribution in [0.5, 0.6) is 0 Å². The molecule has 2 rings (SSSR count). The number of amides is 3. The van der Waals surface area contributed by atoms with Crippen LogP contribution in [-0.4, -0.2) is 35.8 Å². The normalized spacial score (nSPS) is 13.6. The summed E-state index contributed by atoms with van der Waals surface area (Å²) in [5, 5.41) is 8.34. The lowest BCUT2D eigenvalue weighted by atomic mass is 10.0. The molecule has 0 saturated carbocycles. The molecule has 178 valence electrons.